The average molecular weight is 234 g/mol. The fourth-order valence-corrected chi connectivity index (χ4v) is 0.919. The predicted octanol–water partition coefficient (Wildman–Crippen LogP) is -0.844. The van der Waals surface area contributed by atoms with E-state index < -0.39 is 18.1 Å². The Morgan fingerprint density at radius 3 is 2.38 bits per heavy atom. The average Bonchev–Trinajstić information content (AvgIpc) is 2.23. The maximum Gasteiger partial charge on any atom is 0.334 e. The predicted molar refractivity (Wildman–Crippen MR) is 56.1 cm³/mol. The monoisotopic (exact) mass is 234 g/mol. The van der Waals surface area contributed by atoms with Crippen LogP contribution in [0.3, 0.4) is 0 Å². The van der Waals surface area contributed by atoms with Crippen LogP contribution >= 0.6 is 0 Å². The number of aliphatic hydroxyl groups excluding tert-OH is 1. The van der Waals surface area contributed by atoms with Crippen LogP contribution in [0.15, 0.2) is 0 Å². The summed E-state index contributed by atoms with van der Waals surface area (Å²) in [5, 5.41) is 21.9. The molecule has 0 saturated heterocycles. The Morgan fingerprint density at radius 1 is 1.31 bits per heavy atom. The van der Waals surface area contributed by atoms with Crippen molar-refractivity contribution in [3.05, 3.63) is 0 Å². The summed E-state index contributed by atoms with van der Waals surface area (Å²) in [6.45, 7) is 4.20. The molecule has 4 N–H and O–H groups in total. The maximum absolute atomic E-state index is 11.1. The van der Waals surface area contributed by atoms with E-state index in [0.717, 1.165) is 0 Å². The van der Waals surface area contributed by atoms with Crippen molar-refractivity contribution in [2.75, 3.05) is 19.7 Å². The molecule has 0 aromatic carbocycles. The molecule has 7 nitrogen and oxygen atoms in total. The standard InChI is InChI=1S/C9H18N2O5/c1-3-16-6(2)4-10-9(15)11-5-7(12)8(13)14/h6-7,12H,3-5H2,1-2H3,(H,13,14)(H2,10,11,15)/t6?,7-/m0/s1. The van der Waals surface area contributed by atoms with Crippen LogP contribution in [0.1, 0.15) is 13.8 Å². The number of urea groups is 1. The lowest BCUT2D eigenvalue weighted by Gasteiger charge is -2.13. The minimum Gasteiger partial charge on any atom is -0.479 e. The van der Waals surface area contributed by atoms with Crippen LogP contribution in [0.25, 0.3) is 0 Å². The molecule has 2 atom stereocenters. The number of rotatable bonds is 7. The number of hydrogen-bond donors (Lipinski definition) is 4. The second kappa shape index (κ2) is 7.89. The van der Waals surface area contributed by atoms with Crippen molar-refractivity contribution in [1.29, 1.82) is 0 Å². The summed E-state index contributed by atoms with van der Waals surface area (Å²) in [6, 6.07) is -0.535. The summed E-state index contributed by atoms with van der Waals surface area (Å²) in [5.74, 6) is -1.37. The number of carboxylic acids is 1. The summed E-state index contributed by atoms with van der Waals surface area (Å²) in [5.41, 5.74) is 0. The molecule has 0 spiro atoms. The van der Waals surface area contributed by atoms with Gasteiger partial charge in [0, 0.05) is 13.2 Å². The molecule has 0 rings (SSSR count). The van der Waals surface area contributed by atoms with E-state index in [1.165, 1.54) is 0 Å². The van der Waals surface area contributed by atoms with Gasteiger partial charge in [0.25, 0.3) is 0 Å². The van der Waals surface area contributed by atoms with E-state index in [9.17, 15) is 9.59 Å². The first-order valence-corrected chi connectivity index (χ1v) is 5.01. The van der Waals surface area contributed by atoms with Crippen molar-refractivity contribution in [2.45, 2.75) is 26.1 Å². The van der Waals surface area contributed by atoms with Crippen molar-refractivity contribution in [2.24, 2.45) is 0 Å². The molecule has 0 aromatic rings. The van der Waals surface area contributed by atoms with Crippen molar-refractivity contribution in [3.63, 3.8) is 0 Å². The quantitative estimate of drug-likeness (QED) is 0.459. The Hall–Kier alpha value is -1.34. The van der Waals surface area contributed by atoms with E-state index >= 15 is 0 Å². The number of carbonyl (C=O) groups is 2. The minimum absolute atomic E-state index is 0.111. The molecule has 7 heteroatoms. The second-order valence-electron chi connectivity index (χ2n) is 3.21. The fourth-order valence-electron chi connectivity index (χ4n) is 0.919. The Labute approximate surface area is 93.8 Å². The molecule has 0 bridgehead atoms. The van der Waals surface area contributed by atoms with Gasteiger partial charge in [-0.05, 0) is 13.8 Å². The molecule has 0 aliphatic heterocycles. The molecule has 0 fully saturated rings. The summed E-state index contributed by atoms with van der Waals surface area (Å²) in [4.78, 5) is 21.3. The number of carboxylic acid groups (broad SMARTS) is 1. The van der Waals surface area contributed by atoms with E-state index in [1.54, 1.807) is 6.92 Å². The van der Waals surface area contributed by atoms with E-state index in [2.05, 4.69) is 10.6 Å². The Kier molecular flexibility index (Phi) is 7.23. The summed E-state index contributed by atoms with van der Waals surface area (Å²) in [7, 11) is 0. The number of carbonyl (C=O) groups excluding carboxylic acids is 1. The molecule has 1 unspecified atom stereocenters. The highest BCUT2D eigenvalue weighted by Gasteiger charge is 2.14. The molecule has 0 radical (unpaired) electrons. The Morgan fingerprint density at radius 2 is 1.88 bits per heavy atom. The van der Waals surface area contributed by atoms with Crippen LogP contribution in [0, 0.1) is 0 Å². The van der Waals surface area contributed by atoms with Gasteiger partial charge in [-0.3, -0.25) is 0 Å². The molecular weight excluding hydrogens is 216 g/mol. The van der Waals surface area contributed by atoms with Gasteiger partial charge in [-0.25, -0.2) is 9.59 Å². The van der Waals surface area contributed by atoms with Crippen LogP contribution in [-0.2, 0) is 9.53 Å². The van der Waals surface area contributed by atoms with Gasteiger partial charge >= 0.3 is 12.0 Å². The van der Waals surface area contributed by atoms with Crippen molar-refractivity contribution in [1.82, 2.24) is 10.6 Å². The molecule has 0 aliphatic rings. The minimum atomic E-state index is -1.59. The van der Waals surface area contributed by atoms with E-state index in [1.807, 2.05) is 6.92 Å². The third-order valence-corrected chi connectivity index (χ3v) is 1.74. The first-order chi connectivity index (χ1) is 7.47. The van der Waals surface area contributed by atoms with Gasteiger partial charge in [-0.1, -0.05) is 0 Å². The Balaban J connectivity index is 3.63. The zero-order valence-electron chi connectivity index (χ0n) is 9.40. The highest BCUT2D eigenvalue weighted by atomic mass is 16.5. The van der Waals surface area contributed by atoms with E-state index in [0.29, 0.717) is 13.2 Å². The van der Waals surface area contributed by atoms with Crippen LogP contribution in [0.5, 0.6) is 0 Å². The van der Waals surface area contributed by atoms with E-state index in [4.69, 9.17) is 14.9 Å². The van der Waals surface area contributed by atoms with Gasteiger partial charge < -0.3 is 25.6 Å². The Bertz CT molecular complexity index is 234. The van der Waals surface area contributed by atoms with Crippen LogP contribution in [0.2, 0.25) is 0 Å². The summed E-state index contributed by atoms with van der Waals surface area (Å²) >= 11 is 0. The molecule has 0 saturated carbocycles. The van der Waals surface area contributed by atoms with Crippen LogP contribution in [-0.4, -0.2) is 54.1 Å². The third-order valence-electron chi connectivity index (χ3n) is 1.74. The molecule has 16 heavy (non-hydrogen) atoms. The zero-order chi connectivity index (χ0) is 12.6. The van der Waals surface area contributed by atoms with Gasteiger partial charge in [-0.2, -0.15) is 0 Å². The molecule has 2 amide bonds. The molecular formula is C9H18N2O5. The van der Waals surface area contributed by atoms with Gasteiger partial charge in [0.05, 0.1) is 12.6 Å². The summed E-state index contributed by atoms with van der Waals surface area (Å²) in [6.07, 6.45) is -1.70. The highest BCUT2D eigenvalue weighted by Crippen LogP contribution is 1.87. The number of nitrogens with one attached hydrogen (secondary N) is 2. The first-order valence-electron chi connectivity index (χ1n) is 5.01. The lowest BCUT2D eigenvalue weighted by molar-refractivity contribution is -0.146. The topological polar surface area (TPSA) is 108 Å². The van der Waals surface area contributed by atoms with Gasteiger partial charge in [0.1, 0.15) is 0 Å². The van der Waals surface area contributed by atoms with Gasteiger partial charge in [-0.15, -0.1) is 0 Å². The van der Waals surface area contributed by atoms with Crippen LogP contribution < -0.4 is 10.6 Å². The first kappa shape index (κ1) is 14.7. The molecule has 0 aliphatic carbocycles. The number of aliphatic carboxylic acids is 1. The fraction of sp³-hybridized carbons (Fsp3) is 0.778. The van der Waals surface area contributed by atoms with Gasteiger partial charge in [0.15, 0.2) is 6.10 Å². The summed E-state index contributed by atoms with van der Waals surface area (Å²) < 4.78 is 5.17. The number of aliphatic hydroxyl groups is 1. The molecule has 94 valence electrons. The SMILES string of the molecule is CCOC(C)CNC(=O)NC[C@H](O)C(=O)O. The van der Waals surface area contributed by atoms with Crippen molar-refractivity contribution >= 4 is 12.0 Å². The third kappa shape index (κ3) is 7.02. The van der Waals surface area contributed by atoms with Crippen LogP contribution in [0.4, 0.5) is 4.79 Å². The molecule has 0 aromatic heterocycles. The van der Waals surface area contributed by atoms with Crippen molar-refractivity contribution < 1.29 is 24.5 Å². The second-order valence-corrected chi connectivity index (χ2v) is 3.21. The largest absolute Gasteiger partial charge is 0.479 e. The van der Waals surface area contributed by atoms with E-state index in [-0.39, 0.29) is 12.6 Å². The smallest absolute Gasteiger partial charge is 0.334 e. The number of hydrogen-bond acceptors (Lipinski definition) is 4. The lowest BCUT2D eigenvalue weighted by atomic mass is 10.3. The normalized spacial score (nSPS) is 13.9. The zero-order valence-corrected chi connectivity index (χ0v) is 9.40. The van der Waals surface area contributed by atoms with Gasteiger partial charge in [0.2, 0.25) is 0 Å². The molecule has 0 heterocycles. The van der Waals surface area contributed by atoms with Crippen molar-refractivity contribution in [3.8, 4) is 0 Å². The highest BCUT2D eigenvalue weighted by molar-refractivity contribution is 5.76. The maximum atomic E-state index is 11.1. The number of ether oxygens (including phenoxy) is 1. The lowest BCUT2D eigenvalue weighted by Crippen LogP contribution is -2.44. The number of amides is 2.